The average molecular weight is 540 g/mol. The number of rotatable bonds is 8. The quantitative estimate of drug-likeness (QED) is 0.224. The van der Waals surface area contributed by atoms with Crippen molar-refractivity contribution in [2.24, 2.45) is 0 Å². The van der Waals surface area contributed by atoms with Crippen LogP contribution in [-0.4, -0.2) is 96.6 Å². The molecule has 2 aliphatic heterocycles. The number of aryl methyl sites for hydroxylation is 1. The van der Waals surface area contributed by atoms with Gasteiger partial charge in [0.25, 0.3) is 11.7 Å². The Hall–Kier alpha value is -3.96. The number of likely N-dealkylation sites (tertiary alicyclic amines) is 1. The van der Waals surface area contributed by atoms with Gasteiger partial charge >= 0.3 is 11.9 Å². The van der Waals surface area contributed by atoms with Crippen LogP contribution >= 0.6 is 0 Å². The lowest BCUT2D eigenvalue weighted by Crippen LogP contribution is -2.42. The van der Waals surface area contributed by atoms with E-state index in [1.54, 1.807) is 45.0 Å². The standard InChI is InChI=1S/C28H33N3O8/c1-5-39-28(36)22-16(2)20(17(3)29-22)24(32)21-23(18-6-8-19(9-7-18)27(35)37-4)31(26(34)25(21)33)11-10-30-12-14-38-15-13-30/h6-9,23,29,32H,5,10-15H2,1-4H3/t23-/m1/s1. The van der Waals surface area contributed by atoms with Crippen molar-refractivity contribution >= 4 is 29.4 Å². The molecule has 0 bridgehead atoms. The van der Waals surface area contributed by atoms with Gasteiger partial charge in [0, 0.05) is 37.4 Å². The number of amides is 1. The number of nitrogens with zero attached hydrogens (tertiary/aromatic N) is 2. The minimum atomic E-state index is -0.905. The van der Waals surface area contributed by atoms with Gasteiger partial charge in [-0.2, -0.15) is 0 Å². The number of esters is 2. The number of nitrogens with one attached hydrogen (secondary N) is 1. The molecule has 1 atom stereocenters. The van der Waals surface area contributed by atoms with Gasteiger partial charge in [-0.05, 0) is 44.0 Å². The number of H-pyrrole nitrogens is 1. The van der Waals surface area contributed by atoms with E-state index >= 15 is 0 Å². The van der Waals surface area contributed by atoms with Crippen molar-refractivity contribution in [3.63, 3.8) is 0 Å². The molecular formula is C28H33N3O8. The zero-order valence-electron chi connectivity index (χ0n) is 22.5. The molecule has 0 radical (unpaired) electrons. The topological polar surface area (TPSA) is 138 Å². The van der Waals surface area contributed by atoms with Gasteiger partial charge in [-0.25, -0.2) is 9.59 Å². The van der Waals surface area contributed by atoms with E-state index in [1.807, 2.05) is 0 Å². The maximum Gasteiger partial charge on any atom is 0.355 e. The molecule has 11 heteroatoms. The van der Waals surface area contributed by atoms with Crippen molar-refractivity contribution in [1.29, 1.82) is 0 Å². The van der Waals surface area contributed by atoms with E-state index in [4.69, 9.17) is 14.2 Å². The van der Waals surface area contributed by atoms with Gasteiger partial charge in [0.2, 0.25) is 0 Å². The predicted molar refractivity (Wildman–Crippen MR) is 140 cm³/mol. The number of morpholine rings is 1. The normalized spacial score (nSPS) is 19.4. The van der Waals surface area contributed by atoms with Crippen LogP contribution in [0.4, 0.5) is 0 Å². The third-order valence-corrected chi connectivity index (χ3v) is 7.10. The van der Waals surface area contributed by atoms with Gasteiger partial charge in [0.15, 0.2) is 0 Å². The van der Waals surface area contributed by atoms with Crippen LogP contribution < -0.4 is 0 Å². The molecule has 0 aliphatic carbocycles. The van der Waals surface area contributed by atoms with Gasteiger partial charge in [0.1, 0.15) is 11.5 Å². The Morgan fingerprint density at radius 3 is 2.36 bits per heavy atom. The summed E-state index contributed by atoms with van der Waals surface area (Å²) in [6.07, 6.45) is 0. The van der Waals surface area contributed by atoms with Crippen LogP contribution in [0.25, 0.3) is 5.76 Å². The van der Waals surface area contributed by atoms with Crippen LogP contribution in [0.3, 0.4) is 0 Å². The third kappa shape index (κ3) is 5.45. The van der Waals surface area contributed by atoms with E-state index in [1.165, 1.54) is 12.0 Å². The maximum absolute atomic E-state index is 13.4. The highest BCUT2D eigenvalue weighted by atomic mass is 16.5. The fourth-order valence-electron chi connectivity index (χ4n) is 5.10. The molecule has 0 spiro atoms. The molecule has 11 nitrogen and oxygen atoms in total. The number of ether oxygens (including phenoxy) is 3. The van der Waals surface area contributed by atoms with Gasteiger partial charge in [-0.1, -0.05) is 12.1 Å². The minimum absolute atomic E-state index is 0.0894. The monoisotopic (exact) mass is 539 g/mol. The first-order valence-corrected chi connectivity index (χ1v) is 12.8. The van der Waals surface area contributed by atoms with Crippen molar-refractivity contribution in [3.8, 4) is 0 Å². The number of Topliss-reactive ketones (excluding diaryl/α,β-unsaturated/α-hetero) is 1. The Morgan fingerprint density at radius 2 is 1.74 bits per heavy atom. The summed E-state index contributed by atoms with van der Waals surface area (Å²) in [5.41, 5.74) is 2.05. The van der Waals surface area contributed by atoms with Crippen molar-refractivity contribution in [1.82, 2.24) is 14.8 Å². The maximum atomic E-state index is 13.4. The van der Waals surface area contributed by atoms with Crippen LogP contribution in [0.5, 0.6) is 0 Å². The molecule has 0 saturated carbocycles. The summed E-state index contributed by atoms with van der Waals surface area (Å²) >= 11 is 0. The molecule has 1 aromatic carbocycles. The molecule has 1 amide bonds. The Labute approximate surface area is 226 Å². The first kappa shape index (κ1) is 28.1. The lowest BCUT2D eigenvalue weighted by atomic mass is 9.93. The molecule has 2 N–H and O–H groups in total. The molecule has 39 heavy (non-hydrogen) atoms. The van der Waals surface area contributed by atoms with Gasteiger partial charge in [0.05, 0.1) is 44.1 Å². The van der Waals surface area contributed by atoms with E-state index in [-0.39, 0.29) is 35.7 Å². The molecule has 2 saturated heterocycles. The highest BCUT2D eigenvalue weighted by Crippen LogP contribution is 2.41. The fraction of sp³-hybridized carbons (Fsp3) is 0.429. The first-order valence-electron chi connectivity index (χ1n) is 12.8. The molecule has 3 heterocycles. The van der Waals surface area contributed by atoms with Crippen LogP contribution in [0.15, 0.2) is 29.8 Å². The molecule has 208 valence electrons. The van der Waals surface area contributed by atoms with Gasteiger partial charge < -0.3 is 29.2 Å². The van der Waals surface area contributed by atoms with Crippen molar-refractivity contribution in [3.05, 3.63) is 63.5 Å². The lowest BCUT2D eigenvalue weighted by Gasteiger charge is -2.31. The number of methoxy groups -OCH3 is 1. The molecule has 2 aliphatic rings. The minimum Gasteiger partial charge on any atom is -0.507 e. The summed E-state index contributed by atoms with van der Waals surface area (Å²) in [7, 11) is 1.28. The summed E-state index contributed by atoms with van der Waals surface area (Å²) in [6.45, 7) is 8.52. The number of aromatic nitrogens is 1. The molecule has 2 fully saturated rings. The van der Waals surface area contributed by atoms with Crippen LogP contribution in [-0.2, 0) is 23.8 Å². The number of carbonyl (C=O) groups is 4. The lowest BCUT2D eigenvalue weighted by molar-refractivity contribution is -0.140. The second-order valence-corrected chi connectivity index (χ2v) is 9.41. The van der Waals surface area contributed by atoms with Gasteiger partial charge in [-0.15, -0.1) is 0 Å². The second-order valence-electron chi connectivity index (χ2n) is 9.41. The predicted octanol–water partition coefficient (Wildman–Crippen LogP) is 2.35. The zero-order valence-corrected chi connectivity index (χ0v) is 22.5. The Morgan fingerprint density at radius 1 is 1.08 bits per heavy atom. The average Bonchev–Trinajstić information content (AvgIpc) is 3.38. The van der Waals surface area contributed by atoms with Crippen molar-refractivity contribution in [2.45, 2.75) is 26.8 Å². The number of aliphatic hydroxyl groups is 1. The van der Waals surface area contributed by atoms with E-state index < -0.39 is 29.7 Å². The SMILES string of the molecule is CCOC(=O)c1[nH]c(C)c(C(O)=C2C(=O)C(=O)N(CCN3CCOCC3)[C@@H]2c2ccc(C(=O)OC)cc2)c1C. The number of aromatic amines is 1. The van der Waals surface area contributed by atoms with Crippen molar-refractivity contribution < 1.29 is 38.5 Å². The van der Waals surface area contributed by atoms with Crippen LogP contribution in [0, 0.1) is 13.8 Å². The highest BCUT2D eigenvalue weighted by molar-refractivity contribution is 6.46. The van der Waals surface area contributed by atoms with Crippen LogP contribution in [0.1, 0.15) is 56.2 Å². The summed E-state index contributed by atoms with van der Waals surface area (Å²) < 4.78 is 15.3. The van der Waals surface area contributed by atoms with E-state index in [2.05, 4.69) is 9.88 Å². The number of benzene rings is 1. The zero-order chi connectivity index (χ0) is 28.3. The Kier molecular flexibility index (Phi) is 8.51. The first-order chi connectivity index (χ1) is 18.7. The second kappa shape index (κ2) is 11.8. The van der Waals surface area contributed by atoms with Crippen LogP contribution in [0.2, 0.25) is 0 Å². The molecule has 1 aromatic heterocycles. The molecule has 4 rings (SSSR count). The summed E-state index contributed by atoms with van der Waals surface area (Å²) in [4.78, 5) is 57.7. The van der Waals surface area contributed by atoms with E-state index in [0.29, 0.717) is 55.2 Å². The van der Waals surface area contributed by atoms with E-state index in [0.717, 1.165) is 0 Å². The van der Waals surface area contributed by atoms with E-state index in [9.17, 15) is 24.3 Å². The summed E-state index contributed by atoms with van der Waals surface area (Å²) in [5, 5.41) is 11.5. The number of hydrogen-bond donors (Lipinski definition) is 2. The number of aliphatic hydroxyl groups excluding tert-OH is 1. The number of carbonyl (C=O) groups excluding carboxylic acids is 4. The largest absolute Gasteiger partial charge is 0.507 e. The molecular weight excluding hydrogens is 506 g/mol. The third-order valence-electron chi connectivity index (χ3n) is 7.10. The Balaban J connectivity index is 1.80. The number of hydrogen-bond acceptors (Lipinski definition) is 9. The highest BCUT2D eigenvalue weighted by Gasteiger charge is 2.46. The molecule has 0 unspecified atom stereocenters. The summed E-state index contributed by atoms with van der Waals surface area (Å²) in [5.74, 6) is -3.05. The summed E-state index contributed by atoms with van der Waals surface area (Å²) in [6, 6.07) is 5.47. The fourth-order valence-corrected chi connectivity index (χ4v) is 5.10. The Bertz CT molecular complexity index is 1300. The number of ketones is 1. The molecule has 2 aromatic rings. The van der Waals surface area contributed by atoms with Gasteiger partial charge in [-0.3, -0.25) is 14.5 Å². The van der Waals surface area contributed by atoms with Crippen molar-refractivity contribution in [2.75, 3.05) is 53.1 Å². The smallest absolute Gasteiger partial charge is 0.355 e.